The lowest BCUT2D eigenvalue weighted by Crippen LogP contribution is -2.36. The molecule has 0 N–H and O–H groups in total. The van der Waals surface area contributed by atoms with E-state index in [4.69, 9.17) is 4.74 Å². The zero-order valence-electron chi connectivity index (χ0n) is 18.8. The maximum atomic E-state index is 13.2. The number of hydrogen-bond donors (Lipinski definition) is 0. The summed E-state index contributed by atoms with van der Waals surface area (Å²) in [6.45, 7) is 6.51. The fraction of sp³-hybridized carbons (Fsp3) is 0.280. The van der Waals surface area contributed by atoms with E-state index in [9.17, 15) is 9.59 Å². The predicted molar refractivity (Wildman–Crippen MR) is 124 cm³/mol. The summed E-state index contributed by atoms with van der Waals surface area (Å²) in [4.78, 5) is 25.7. The van der Waals surface area contributed by atoms with Crippen molar-refractivity contribution in [2.45, 2.75) is 26.2 Å². The number of hydrogen-bond acceptors (Lipinski definition) is 3. The van der Waals surface area contributed by atoms with Gasteiger partial charge in [0.1, 0.15) is 5.75 Å². The molecule has 0 saturated heterocycles. The molecule has 4 rings (SSSR count). The lowest BCUT2D eigenvalue weighted by atomic mass is 9.86. The van der Waals surface area contributed by atoms with E-state index in [1.807, 2.05) is 47.2 Å². The van der Waals surface area contributed by atoms with Crippen molar-refractivity contribution in [2.75, 3.05) is 7.11 Å². The molecule has 0 unspecified atom stereocenters. The van der Waals surface area contributed by atoms with Gasteiger partial charge in [0.25, 0.3) is 5.56 Å². The van der Waals surface area contributed by atoms with Crippen LogP contribution >= 0.6 is 0 Å². The number of rotatable bonds is 3. The van der Waals surface area contributed by atoms with Gasteiger partial charge in [-0.15, -0.1) is 0 Å². The first kappa shape index (κ1) is 20.7. The Hall–Kier alpha value is -3.54. The number of ether oxygens (including phenoxy) is 1. The summed E-state index contributed by atoms with van der Waals surface area (Å²) in [5.41, 5.74) is 3.73. The summed E-state index contributed by atoms with van der Waals surface area (Å²) >= 11 is 0. The van der Waals surface area contributed by atoms with Gasteiger partial charge in [0.15, 0.2) is 0 Å². The third-order valence-electron chi connectivity index (χ3n) is 5.81. The van der Waals surface area contributed by atoms with Gasteiger partial charge in [-0.2, -0.15) is 0 Å². The van der Waals surface area contributed by atoms with Gasteiger partial charge in [-0.3, -0.25) is 13.9 Å². The predicted octanol–water partition coefficient (Wildman–Crippen LogP) is 4.00. The Kier molecular flexibility index (Phi) is 4.88. The third-order valence-corrected chi connectivity index (χ3v) is 5.81. The highest BCUT2D eigenvalue weighted by Crippen LogP contribution is 2.33. The van der Waals surface area contributed by atoms with Gasteiger partial charge in [0, 0.05) is 26.0 Å². The normalized spacial score (nSPS) is 11.8. The largest absolute Gasteiger partial charge is 0.497 e. The van der Waals surface area contributed by atoms with Crippen LogP contribution in [0.2, 0.25) is 0 Å². The van der Waals surface area contributed by atoms with E-state index in [0.717, 1.165) is 27.3 Å². The molecular formula is C25H27N3O3. The van der Waals surface area contributed by atoms with Crippen LogP contribution in [0.4, 0.5) is 0 Å². The van der Waals surface area contributed by atoms with Crippen molar-refractivity contribution in [3.8, 4) is 22.7 Å². The van der Waals surface area contributed by atoms with E-state index in [0.29, 0.717) is 10.9 Å². The minimum absolute atomic E-state index is 0.0264. The lowest BCUT2D eigenvalue weighted by molar-refractivity contribution is 0.415. The monoisotopic (exact) mass is 417 g/mol. The van der Waals surface area contributed by atoms with E-state index in [1.54, 1.807) is 14.2 Å². The number of aryl methyl sites for hydroxylation is 1. The summed E-state index contributed by atoms with van der Waals surface area (Å²) in [5, 5.41) is 0.518. The van der Waals surface area contributed by atoms with Gasteiger partial charge >= 0.3 is 5.69 Å². The molecule has 0 amide bonds. The van der Waals surface area contributed by atoms with Crippen molar-refractivity contribution in [1.82, 2.24) is 13.7 Å². The van der Waals surface area contributed by atoms with Gasteiger partial charge in [-0.05, 0) is 40.8 Å². The Labute approximate surface area is 180 Å². The molecule has 31 heavy (non-hydrogen) atoms. The van der Waals surface area contributed by atoms with Crippen molar-refractivity contribution in [3.63, 3.8) is 0 Å². The second-order valence-electron chi connectivity index (χ2n) is 8.84. The highest BCUT2D eigenvalue weighted by molar-refractivity contribution is 5.94. The molecule has 0 aliphatic carbocycles. The third kappa shape index (κ3) is 3.38. The van der Waals surface area contributed by atoms with E-state index < -0.39 is 0 Å². The van der Waals surface area contributed by atoms with Crippen molar-refractivity contribution in [1.29, 1.82) is 0 Å². The average Bonchev–Trinajstić information content (AvgIpc) is 3.16. The molecule has 0 fully saturated rings. The zero-order chi connectivity index (χ0) is 22.5. The topological polar surface area (TPSA) is 58.2 Å². The lowest BCUT2D eigenvalue weighted by Gasteiger charge is -2.19. The summed E-state index contributed by atoms with van der Waals surface area (Å²) in [6.07, 6.45) is 1.85. The fourth-order valence-corrected chi connectivity index (χ4v) is 3.90. The molecule has 0 bridgehead atoms. The van der Waals surface area contributed by atoms with E-state index in [1.165, 1.54) is 17.2 Å². The molecule has 2 aromatic carbocycles. The Balaban J connectivity index is 2.07. The van der Waals surface area contributed by atoms with Crippen LogP contribution in [0.3, 0.4) is 0 Å². The number of methoxy groups -OCH3 is 1. The number of benzene rings is 2. The number of aromatic nitrogens is 3. The molecule has 0 atom stereocenters. The van der Waals surface area contributed by atoms with Crippen molar-refractivity contribution in [2.24, 2.45) is 14.1 Å². The highest BCUT2D eigenvalue weighted by atomic mass is 16.5. The van der Waals surface area contributed by atoms with Gasteiger partial charge < -0.3 is 9.30 Å². The quantitative estimate of drug-likeness (QED) is 0.506. The first-order valence-corrected chi connectivity index (χ1v) is 10.2. The average molecular weight is 418 g/mol. The molecule has 0 spiro atoms. The smallest absolute Gasteiger partial charge is 0.330 e. The second kappa shape index (κ2) is 7.30. The van der Waals surface area contributed by atoms with Crippen molar-refractivity contribution in [3.05, 3.63) is 81.1 Å². The van der Waals surface area contributed by atoms with Crippen LogP contribution in [-0.2, 0) is 19.5 Å². The van der Waals surface area contributed by atoms with Crippen LogP contribution < -0.4 is 16.0 Å². The molecule has 2 aromatic heterocycles. The molecule has 0 aliphatic heterocycles. The minimum Gasteiger partial charge on any atom is -0.497 e. The van der Waals surface area contributed by atoms with Crippen LogP contribution in [0.15, 0.2) is 64.3 Å². The van der Waals surface area contributed by atoms with Crippen LogP contribution in [0.1, 0.15) is 26.3 Å². The van der Waals surface area contributed by atoms with E-state index in [2.05, 4.69) is 32.9 Å². The molecule has 0 aliphatic rings. The minimum atomic E-state index is -0.348. The van der Waals surface area contributed by atoms with Gasteiger partial charge in [0.05, 0.1) is 23.7 Å². The Morgan fingerprint density at radius 1 is 0.839 bits per heavy atom. The first-order valence-electron chi connectivity index (χ1n) is 10.2. The molecular weight excluding hydrogens is 390 g/mol. The highest BCUT2D eigenvalue weighted by Gasteiger charge is 2.21. The van der Waals surface area contributed by atoms with Gasteiger partial charge in [-0.25, -0.2) is 4.79 Å². The van der Waals surface area contributed by atoms with Crippen molar-refractivity contribution < 1.29 is 4.74 Å². The number of fused-ring (bicyclic) bond motifs is 1. The molecule has 6 heteroatoms. The van der Waals surface area contributed by atoms with E-state index in [-0.39, 0.29) is 16.7 Å². The van der Waals surface area contributed by atoms with Crippen LogP contribution in [0.5, 0.6) is 5.75 Å². The Morgan fingerprint density at radius 3 is 2.00 bits per heavy atom. The molecule has 160 valence electrons. The number of nitrogens with zero attached hydrogens (tertiary/aromatic N) is 3. The Morgan fingerprint density at radius 2 is 1.45 bits per heavy atom. The molecule has 0 radical (unpaired) electrons. The van der Waals surface area contributed by atoms with Gasteiger partial charge in [0.2, 0.25) is 0 Å². The second-order valence-corrected chi connectivity index (χ2v) is 8.84. The van der Waals surface area contributed by atoms with Crippen LogP contribution in [0.25, 0.3) is 27.8 Å². The SMILES string of the molecule is COc1ccc(-n2cc3c(c2-c2ccc(C(C)(C)C)cc2)c(=O)n(C)c(=O)n3C)cc1. The maximum absolute atomic E-state index is 13.2. The summed E-state index contributed by atoms with van der Waals surface area (Å²) in [6, 6.07) is 15.9. The van der Waals surface area contributed by atoms with Gasteiger partial charge in [-0.1, -0.05) is 45.0 Å². The summed E-state index contributed by atoms with van der Waals surface area (Å²) in [7, 11) is 4.83. The van der Waals surface area contributed by atoms with Crippen molar-refractivity contribution >= 4 is 10.9 Å². The standard InChI is InChI=1S/C25H27N3O3/c1-25(2,3)17-9-7-16(8-10-17)22-21-20(26(4)24(30)27(5)23(21)29)15-28(22)18-11-13-19(31-6)14-12-18/h7-15H,1-6H3. The molecule has 6 nitrogen and oxygen atoms in total. The molecule has 4 aromatic rings. The first-order chi connectivity index (χ1) is 14.6. The van der Waals surface area contributed by atoms with Crippen LogP contribution in [-0.4, -0.2) is 20.8 Å². The summed E-state index contributed by atoms with van der Waals surface area (Å²) in [5.74, 6) is 0.750. The fourth-order valence-electron chi connectivity index (χ4n) is 3.90. The van der Waals surface area contributed by atoms with Crippen LogP contribution in [0, 0.1) is 0 Å². The molecule has 2 heterocycles. The molecule has 0 saturated carbocycles. The maximum Gasteiger partial charge on any atom is 0.330 e. The summed E-state index contributed by atoms with van der Waals surface area (Å²) < 4.78 is 9.93. The zero-order valence-corrected chi connectivity index (χ0v) is 18.8. The van der Waals surface area contributed by atoms with E-state index >= 15 is 0 Å². The Bertz CT molecular complexity index is 1380.